The fourth-order valence-electron chi connectivity index (χ4n) is 1.74. The minimum absolute atomic E-state index is 0.146. The Morgan fingerprint density at radius 2 is 1.89 bits per heavy atom. The Morgan fingerprint density at radius 1 is 1.11 bits per heavy atom. The summed E-state index contributed by atoms with van der Waals surface area (Å²) in [6, 6.07) is 10.5. The number of benzene rings is 1. The van der Waals surface area contributed by atoms with Gasteiger partial charge in [0.15, 0.2) is 0 Å². The molecule has 0 heterocycles. The quantitative estimate of drug-likeness (QED) is 0.657. The van der Waals surface area contributed by atoms with Gasteiger partial charge in [-0.15, -0.1) is 0 Å². The van der Waals surface area contributed by atoms with Gasteiger partial charge in [-0.2, -0.15) is 0 Å². The highest BCUT2D eigenvalue weighted by Gasteiger charge is 1.98. The Labute approximate surface area is 110 Å². The number of carbonyl (C=O) groups is 1. The number of nitrogens with one attached hydrogen (secondary N) is 2. The fraction of sp³-hybridized carbons (Fsp3) is 0.533. The molecule has 1 amide bonds. The van der Waals surface area contributed by atoms with Gasteiger partial charge in [0, 0.05) is 19.5 Å². The molecule has 18 heavy (non-hydrogen) atoms. The molecule has 0 fully saturated rings. The average molecular weight is 248 g/mol. The van der Waals surface area contributed by atoms with Gasteiger partial charge in [-0.1, -0.05) is 37.3 Å². The smallest absolute Gasteiger partial charge is 0.221 e. The molecule has 0 saturated carbocycles. The lowest BCUT2D eigenvalue weighted by molar-refractivity contribution is -0.120. The van der Waals surface area contributed by atoms with Gasteiger partial charge in [0.25, 0.3) is 0 Å². The van der Waals surface area contributed by atoms with Crippen molar-refractivity contribution in [3.63, 3.8) is 0 Å². The van der Waals surface area contributed by atoms with Gasteiger partial charge < -0.3 is 10.6 Å². The predicted molar refractivity (Wildman–Crippen MR) is 75.6 cm³/mol. The molecule has 1 aromatic carbocycles. The van der Waals surface area contributed by atoms with E-state index in [9.17, 15) is 4.79 Å². The largest absolute Gasteiger partial charge is 0.356 e. The molecule has 0 aliphatic carbocycles. The van der Waals surface area contributed by atoms with Crippen molar-refractivity contribution in [2.75, 3.05) is 19.6 Å². The molecule has 0 aliphatic rings. The molecule has 0 aromatic heterocycles. The average Bonchev–Trinajstić information content (AvgIpc) is 2.41. The molecule has 3 nitrogen and oxygen atoms in total. The molecule has 2 N–H and O–H groups in total. The third-order valence-corrected chi connectivity index (χ3v) is 2.76. The van der Waals surface area contributed by atoms with Crippen LogP contribution in [0.15, 0.2) is 30.3 Å². The van der Waals surface area contributed by atoms with Crippen LogP contribution in [0.3, 0.4) is 0 Å². The number of hydrogen-bond donors (Lipinski definition) is 2. The second-order valence-electron chi connectivity index (χ2n) is 4.44. The normalized spacial score (nSPS) is 10.3. The van der Waals surface area contributed by atoms with Crippen molar-refractivity contribution in [3.8, 4) is 0 Å². The number of amides is 1. The summed E-state index contributed by atoms with van der Waals surface area (Å²) >= 11 is 0. The zero-order valence-electron chi connectivity index (χ0n) is 11.2. The first-order valence-corrected chi connectivity index (χ1v) is 6.84. The van der Waals surface area contributed by atoms with Crippen LogP contribution in [0.5, 0.6) is 0 Å². The predicted octanol–water partition coefficient (Wildman–Crippen LogP) is 2.13. The van der Waals surface area contributed by atoms with E-state index < -0.39 is 0 Å². The summed E-state index contributed by atoms with van der Waals surface area (Å²) in [6.45, 7) is 4.58. The number of rotatable bonds is 9. The van der Waals surface area contributed by atoms with Gasteiger partial charge >= 0.3 is 0 Å². The van der Waals surface area contributed by atoms with E-state index in [2.05, 4.69) is 41.8 Å². The van der Waals surface area contributed by atoms with Gasteiger partial charge in [-0.25, -0.2) is 0 Å². The van der Waals surface area contributed by atoms with Gasteiger partial charge in [-0.3, -0.25) is 4.79 Å². The first kappa shape index (κ1) is 14.7. The third kappa shape index (κ3) is 7.07. The summed E-state index contributed by atoms with van der Waals surface area (Å²) in [5.41, 5.74) is 1.37. The van der Waals surface area contributed by atoms with E-state index >= 15 is 0 Å². The number of carbonyl (C=O) groups excluding carboxylic acids is 1. The molecule has 0 atom stereocenters. The Bertz CT molecular complexity index is 325. The maximum absolute atomic E-state index is 11.3. The highest BCUT2D eigenvalue weighted by atomic mass is 16.1. The summed E-state index contributed by atoms with van der Waals surface area (Å²) in [4.78, 5) is 11.3. The Balaban J connectivity index is 1.94. The van der Waals surface area contributed by atoms with E-state index in [0.29, 0.717) is 6.42 Å². The maximum Gasteiger partial charge on any atom is 0.221 e. The van der Waals surface area contributed by atoms with Gasteiger partial charge in [0.05, 0.1) is 0 Å². The van der Waals surface area contributed by atoms with Crippen molar-refractivity contribution in [2.45, 2.75) is 32.6 Å². The van der Waals surface area contributed by atoms with Crippen LogP contribution in [-0.4, -0.2) is 25.5 Å². The molecule has 3 heteroatoms. The van der Waals surface area contributed by atoms with Crippen molar-refractivity contribution in [1.82, 2.24) is 10.6 Å². The lowest BCUT2D eigenvalue weighted by atomic mass is 10.1. The van der Waals surface area contributed by atoms with E-state index in [4.69, 9.17) is 0 Å². The number of aryl methyl sites for hydroxylation is 1. The monoisotopic (exact) mass is 248 g/mol. The highest BCUT2D eigenvalue weighted by Crippen LogP contribution is 2.01. The molecule has 1 aromatic rings. The molecule has 1 rings (SSSR count). The molecular formula is C15H24N2O. The summed E-state index contributed by atoms with van der Waals surface area (Å²) < 4.78 is 0. The SMILES string of the molecule is CCCNC(=O)CCNCCCc1ccccc1. The lowest BCUT2D eigenvalue weighted by Crippen LogP contribution is -2.28. The topological polar surface area (TPSA) is 41.1 Å². The number of hydrogen-bond acceptors (Lipinski definition) is 2. The molecular weight excluding hydrogens is 224 g/mol. The van der Waals surface area contributed by atoms with E-state index in [-0.39, 0.29) is 5.91 Å². The molecule has 0 spiro atoms. The Kier molecular flexibility index (Phi) is 7.89. The highest BCUT2D eigenvalue weighted by molar-refractivity contribution is 5.75. The van der Waals surface area contributed by atoms with E-state index in [1.54, 1.807) is 0 Å². The summed E-state index contributed by atoms with van der Waals surface area (Å²) in [7, 11) is 0. The van der Waals surface area contributed by atoms with E-state index in [1.165, 1.54) is 5.56 Å². The van der Waals surface area contributed by atoms with Crippen molar-refractivity contribution in [3.05, 3.63) is 35.9 Å². The molecule has 0 bridgehead atoms. The van der Waals surface area contributed by atoms with Gasteiger partial charge in [0.1, 0.15) is 0 Å². The second-order valence-corrected chi connectivity index (χ2v) is 4.44. The molecule has 0 saturated heterocycles. The van der Waals surface area contributed by atoms with Crippen molar-refractivity contribution in [1.29, 1.82) is 0 Å². The zero-order valence-corrected chi connectivity index (χ0v) is 11.2. The van der Waals surface area contributed by atoms with E-state index in [1.807, 2.05) is 6.07 Å². The van der Waals surface area contributed by atoms with Crippen LogP contribution in [0.1, 0.15) is 31.7 Å². The van der Waals surface area contributed by atoms with Crippen molar-refractivity contribution >= 4 is 5.91 Å². The lowest BCUT2D eigenvalue weighted by Gasteiger charge is -2.05. The van der Waals surface area contributed by atoms with Gasteiger partial charge in [0.2, 0.25) is 5.91 Å². The Morgan fingerprint density at radius 3 is 2.61 bits per heavy atom. The second kappa shape index (κ2) is 9.66. The van der Waals surface area contributed by atoms with Crippen LogP contribution in [0.2, 0.25) is 0 Å². The zero-order chi connectivity index (χ0) is 13.1. The summed E-state index contributed by atoms with van der Waals surface area (Å²) in [5, 5.41) is 6.17. The van der Waals surface area contributed by atoms with Crippen LogP contribution in [0.4, 0.5) is 0 Å². The first-order chi connectivity index (χ1) is 8.83. The van der Waals surface area contributed by atoms with Crippen molar-refractivity contribution in [2.24, 2.45) is 0 Å². The molecule has 0 radical (unpaired) electrons. The standard InChI is InChI=1S/C15H24N2O/c1-2-11-17-15(18)10-13-16-12-6-9-14-7-4-3-5-8-14/h3-5,7-8,16H,2,6,9-13H2,1H3,(H,17,18). The van der Waals surface area contributed by atoms with Crippen LogP contribution < -0.4 is 10.6 Å². The third-order valence-electron chi connectivity index (χ3n) is 2.76. The van der Waals surface area contributed by atoms with Gasteiger partial charge in [-0.05, 0) is 31.4 Å². The minimum atomic E-state index is 0.146. The summed E-state index contributed by atoms with van der Waals surface area (Å²) in [6.07, 6.45) is 3.78. The first-order valence-electron chi connectivity index (χ1n) is 6.84. The van der Waals surface area contributed by atoms with E-state index in [0.717, 1.165) is 38.9 Å². The Hall–Kier alpha value is -1.35. The maximum atomic E-state index is 11.3. The molecule has 100 valence electrons. The summed E-state index contributed by atoms with van der Waals surface area (Å²) in [5.74, 6) is 0.146. The van der Waals surface area contributed by atoms with Crippen LogP contribution in [-0.2, 0) is 11.2 Å². The van der Waals surface area contributed by atoms with Crippen LogP contribution in [0, 0.1) is 0 Å². The van der Waals surface area contributed by atoms with Crippen LogP contribution in [0.25, 0.3) is 0 Å². The molecule has 0 aliphatic heterocycles. The van der Waals surface area contributed by atoms with Crippen LogP contribution >= 0.6 is 0 Å². The van der Waals surface area contributed by atoms with Crippen molar-refractivity contribution < 1.29 is 4.79 Å². The fourth-order valence-corrected chi connectivity index (χ4v) is 1.74. The minimum Gasteiger partial charge on any atom is -0.356 e. The molecule has 0 unspecified atom stereocenters.